The molecule has 1 amide bonds. The van der Waals surface area contributed by atoms with E-state index < -0.39 is 27.6 Å². The fraction of sp³-hybridized carbons (Fsp3) is 0.778. The van der Waals surface area contributed by atoms with Gasteiger partial charge in [0.1, 0.15) is 0 Å². The third kappa shape index (κ3) is 3.80. The zero-order valence-corrected chi connectivity index (χ0v) is 9.79. The van der Waals surface area contributed by atoms with Gasteiger partial charge in [-0.3, -0.25) is 9.59 Å². The molecule has 1 saturated heterocycles. The number of carbonyl (C=O) groups is 2. The molecule has 1 aliphatic heterocycles. The molecule has 2 unspecified atom stereocenters. The van der Waals surface area contributed by atoms with Gasteiger partial charge < -0.3 is 10.4 Å². The van der Waals surface area contributed by atoms with Gasteiger partial charge in [0.05, 0.1) is 17.4 Å². The van der Waals surface area contributed by atoms with E-state index in [2.05, 4.69) is 5.32 Å². The first kappa shape index (κ1) is 13.0. The Morgan fingerprint density at radius 3 is 2.56 bits per heavy atom. The molecule has 1 fully saturated rings. The van der Waals surface area contributed by atoms with Crippen molar-refractivity contribution in [1.29, 1.82) is 0 Å². The molecular formula is C9H15NO5S. The predicted octanol–water partition coefficient (Wildman–Crippen LogP) is -0.599. The standard InChI is InChI=1S/C9H15NO5S/c1-6(9(12)13)4-8(11)10-7-2-3-16(14,15)5-7/h6-7H,2-5H2,1H3,(H,10,11)(H,12,13). The maximum Gasteiger partial charge on any atom is 0.306 e. The van der Waals surface area contributed by atoms with Gasteiger partial charge in [-0.1, -0.05) is 6.92 Å². The first-order valence-electron chi connectivity index (χ1n) is 5.03. The van der Waals surface area contributed by atoms with E-state index in [1.807, 2.05) is 0 Å². The monoisotopic (exact) mass is 249 g/mol. The molecule has 1 aliphatic rings. The number of carboxylic acids is 1. The molecule has 2 N–H and O–H groups in total. The van der Waals surface area contributed by atoms with Crippen LogP contribution >= 0.6 is 0 Å². The molecule has 7 heteroatoms. The summed E-state index contributed by atoms with van der Waals surface area (Å²) in [5, 5.41) is 11.1. The summed E-state index contributed by atoms with van der Waals surface area (Å²) in [7, 11) is -3.02. The molecule has 16 heavy (non-hydrogen) atoms. The van der Waals surface area contributed by atoms with Gasteiger partial charge in [-0.15, -0.1) is 0 Å². The zero-order chi connectivity index (χ0) is 12.3. The number of rotatable bonds is 4. The quantitative estimate of drug-likeness (QED) is 0.693. The Balaban J connectivity index is 2.39. The fourth-order valence-corrected chi connectivity index (χ4v) is 3.23. The van der Waals surface area contributed by atoms with Crippen LogP contribution in [-0.4, -0.2) is 42.9 Å². The highest BCUT2D eigenvalue weighted by Crippen LogP contribution is 2.12. The topological polar surface area (TPSA) is 101 Å². The lowest BCUT2D eigenvalue weighted by atomic mass is 10.1. The maximum absolute atomic E-state index is 11.4. The van der Waals surface area contributed by atoms with Crippen LogP contribution in [0, 0.1) is 5.92 Å². The van der Waals surface area contributed by atoms with Gasteiger partial charge in [-0.05, 0) is 6.42 Å². The lowest BCUT2D eigenvalue weighted by Gasteiger charge is -2.12. The van der Waals surface area contributed by atoms with Crippen LogP contribution in [0.25, 0.3) is 0 Å². The van der Waals surface area contributed by atoms with Crippen molar-refractivity contribution in [3.8, 4) is 0 Å². The molecule has 0 aromatic carbocycles. The van der Waals surface area contributed by atoms with Crippen LogP contribution in [0.4, 0.5) is 0 Å². The normalized spacial score (nSPS) is 24.9. The highest BCUT2D eigenvalue weighted by atomic mass is 32.2. The summed E-state index contributed by atoms with van der Waals surface area (Å²) in [6.07, 6.45) is 0.293. The molecule has 1 heterocycles. The summed E-state index contributed by atoms with van der Waals surface area (Å²) in [6, 6.07) is -0.363. The molecule has 1 rings (SSSR count). The molecule has 92 valence electrons. The number of nitrogens with one attached hydrogen (secondary N) is 1. The van der Waals surface area contributed by atoms with Crippen LogP contribution in [0.3, 0.4) is 0 Å². The molecule has 0 spiro atoms. The third-order valence-corrected chi connectivity index (χ3v) is 4.28. The molecule has 0 aliphatic carbocycles. The minimum atomic E-state index is -3.02. The van der Waals surface area contributed by atoms with Gasteiger partial charge in [0, 0.05) is 12.5 Å². The number of amides is 1. The Hall–Kier alpha value is -1.11. The van der Waals surface area contributed by atoms with Crippen molar-refractivity contribution in [2.75, 3.05) is 11.5 Å². The summed E-state index contributed by atoms with van der Waals surface area (Å²) in [4.78, 5) is 21.9. The Morgan fingerprint density at radius 1 is 1.50 bits per heavy atom. The van der Waals surface area contributed by atoms with Crippen LogP contribution in [-0.2, 0) is 19.4 Å². The highest BCUT2D eigenvalue weighted by Gasteiger charge is 2.29. The van der Waals surface area contributed by atoms with E-state index in [-0.39, 0.29) is 24.0 Å². The van der Waals surface area contributed by atoms with Gasteiger partial charge in [-0.25, -0.2) is 8.42 Å². The van der Waals surface area contributed by atoms with Crippen molar-refractivity contribution in [1.82, 2.24) is 5.32 Å². The van der Waals surface area contributed by atoms with Crippen LogP contribution < -0.4 is 5.32 Å². The smallest absolute Gasteiger partial charge is 0.306 e. The molecule has 6 nitrogen and oxygen atoms in total. The molecule has 0 aromatic rings. The van der Waals surface area contributed by atoms with Gasteiger partial charge in [0.25, 0.3) is 0 Å². The second-order valence-electron chi connectivity index (χ2n) is 4.11. The average Bonchev–Trinajstić information content (AvgIpc) is 2.44. The van der Waals surface area contributed by atoms with Crippen molar-refractivity contribution < 1.29 is 23.1 Å². The summed E-state index contributed by atoms with van der Waals surface area (Å²) in [5.74, 6) is -2.14. The van der Waals surface area contributed by atoms with E-state index in [4.69, 9.17) is 5.11 Å². The Morgan fingerprint density at radius 2 is 2.12 bits per heavy atom. The SMILES string of the molecule is CC(CC(=O)NC1CCS(=O)(=O)C1)C(=O)O. The van der Waals surface area contributed by atoms with Gasteiger partial charge >= 0.3 is 5.97 Å². The lowest BCUT2D eigenvalue weighted by molar-refractivity contribution is -0.143. The molecule has 0 bridgehead atoms. The van der Waals surface area contributed by atoms with Crippen LogP contribution in [0.5, 0.6) is 0 Å². The van der Waals surface area contributed by atoms with Crippen LogP contribution in [0.1, 0.15) is 19.8 Å². The summed E-state index contributed by atoms with van der Waals surface area (Å²) >= 11 is 0. The Kier molecular flexibility index (Phi) is 3.90. The lowest BCUT2D eigenvalue weighted by Crippen LogP contribution is -2.37. The zero-order valence-electron chi connectivity index (χ0n) is 8.97. The van der Waals surface area contributed by atoms with Gasteiger partial charge in [-0.2, -0.15) is 0 Å². The third-order valence-electron chi connectivity index (χ3n) is 2.51. The first-order chi connectivity index (χ1) is 7.30. The number of hydrogen-bond acceptors (Lipinski definition) is 4. The number of carbonyl (C=O) groups excluding carboxylic acids is 1. The highest BCUT2D eigenvalue weighted by molar-refractivity contribution is 7.91. The van der Waals surface area contributed by atoms with E-state index in [1.165, 1.54) is 6.92 Å². The van der Waals surface area contributed by atoms with E-state index in [9.17, 15) is 18.0 Å². The van der Waals surface area contributed by atoms with Crippen molar-refractivity contribution in [2.24, 2.45) is 5.92 Å². The van der Waals surface area contributed by atoms with E-state index in [0.717, 1.165) is 0 Å². The van der Waals surface area contributed by atoms with Crippen molar-refractivity contribution in [3.05, 3.63) is 0 Å². The largest absolute Gasteiger partial charge is 0.481 e. The van der Waals surface area contributed by atoms with Crippen LogP contribution in [0.2, 0.25) is 0 Å². The first-order valence-corrected chi connectivity index (χ1v) is 6.85. The number of sulfone groups is 1. The average molecular weight is 249 g/mol. The second kappa shape index (κ2) is 4.82. The van der Waals surface area contributed by atoms with Crippen molar-refractivity contribution in [3.63, 3.8) is 0 Å². The molecule has 0 saturated carbocycles. The number of carboxylic acid groups (broad SMARTS) is 1. The van der Waals surface area contributed by atoms with E-state index >= 15 is 0 Å². The Labute approximate surface area is 93.9 Å². The number of aliphatic carboxylic acids is 1. The minimum absolute atomic E-state index is 0.0415. The van der Waals surface area contributed by atoms with Crippen molar-refractivity contribution in [2.45, 2.75) is 25.8 Å². The maximum atomic E-state index is 11.4. The molecular weight excluding hydrogens is 234 g/mol. The molecule has 2 atom stereocenters. The Bertz CT molecular complexity index is 389. The van der Waals surface area contributed by atoms with Crippen molar-refractivity contribution >= 4 is 21.7 Å². The summed E-state index contributed by atoms with van der Waals surface area (Å²) in [6.45, 7) is 1.44. The summed E-state index contributed by atoms with van der Waals surface area (Å²) in [5.41, 5.74) is 0. The van der Waals surface area contributed by atoms with Crippen LogP contribution in [0.15, 0.2) is 0 Å². The van der Waals surface area contributed by atoms with E-state index in [0.29, 0.717) is 6.42 Å². The predicted molar refractivity (Wildman–Crippen MR) is 56.6 cm³/mol. The molecule has 0 radical (unpaired) electrons. The number of hydrogen-bond donors (Lipinski definition) is 2. The van der Waals surface area contributed by atoms with E-state index in [1.54, 1.807) is 0 Å². The van der Waals surface area contributed by atoms with Gasteiger partial charge in [0.2, 0.25) is 5.91 Å². The minimum Gasteiger partial charge on any atom is -0.481 e. The van der Waals surface area contributed by atoms with Gasteiger partial charge in [0.15, 0.2) is 9.84 Å². The fourth-order valence-electron chi connectivity index (χ4n) is 1.56. The summed E-state index contributed by atoms with van der Waals surface area (Å²) < 4.78 is 22.2. The molecule has 0 aromatic heterocycles. The second-order valence-corrected chi connectivity index (χ2v) is 6.34.